The van der Waals surface area contributed by atoms with Crippen molar-refractivity contribution in [1.82, 2.24) is 10.2 Å². The molecule has 1 rings (SSSR count). The van der Waals surface area contributed by atoms with E-state index < -0.39 is 0 Å². The van der Waals surface area contributed by atoms with Crippen LogP contribution in [0.3, 0.4) is 0 Å². The number of hydrogen-bond acceptors (Lipinski definition) is 3. The van der Waals surface area contributed by atoms with Crippen molar-refractivity contribution >= 4 is 33.2 Å². The molecule has 5 heteroatoms. The summed E-state index contributed by atoms with van der Waals surface area (Å²) in [6, 6.07) is 2.39. The van der Waals surface area contributed by atoms with Crippen molar-refractivity contribution in [2.45, 2.75) is 26.4 Å². The Kier molecular flexibility index (Phi) is 5.44. The van der Waals surface area contributed by atoms with Crippen molar-refractivity contribution in [3.05, 3.63) is 20.8 Å². The molecule has 0 saturated carbocycles. The first-order valence-corrected chi connectivity index (χ1v) is 6.86. The standard InChI is InChI=1S/C11H17BrN2OS/c1-8(2)13-5-11(15)14(3)6-9-4-10(12)16-7-9/h4,7-8,13H,5-6H2,1-3H3. The largest absolute Gasteiger partial charge is 0.340 e. The molecule has 0 saturated heterocycles. The minimum atomic E-state index is 0.121. The van der Waals surface area contributed by atoms with Gasteiger partial charge in [-0.1, -0.05) is 13.8 Å². The first kappa shape index (κ1) is 13.7. The van der Waals surface area contributed by atoms with Gasteiger partial charge in [-0.05, 0) is 32.9 Å². The first-order valence-electron chi connectivity index (χ1n) is 5.19. The zero-order valence-electron chi connectivity index (χ0n) is 9.79. The Morgan fingerprint density at radius 1 is 1.62 bits per heavy atom. The predicted molar refractivity (Wildman–Crippen MR) is 71.6 cm³/mol. The lowest BCUT2D eigenvalue weighted by Gasteiger charge is -2.17. The van der Waals surface area contributed by atoms with Crippen molar-refractivity contribution < 1.29 is 4.79 Å². The Morgan fingerprint density at radius 2 is 2.31 bits per heavy atom. The van der Waals surface area contributed by atoms with Gasteiger partial charge in [-0.2, -0.15) is 0 Å². The summed E-state index contributed by atoms with van der Waals surface area (Å²) in [5.74, 6) is 0.121. The Balaban J connectivity index is 2.39. The van der Waals surface area contributed by atoms with Crippen LogP contribution in [0, 0.1) is 0 Å². The van der Waals surface area contributed by atoms with Gasteiger partial charge in [0.15, 0.2) is 0 Å². The molecule has 0 radical (unpaired) electrons. The van der Waals surface area contributed by atoms with Crippen molar-refractivity contribution in [3.63, 3.8) is 0 Å². The number of nitrogens with one attached hydrogen (secondary N) is 1. The fourth-order valence-electron chi connectivity index (χ4n) is 1.22. The van der Waals surface area contributed by atoms with E-state index in [1.165, 1.54) is 0 Å². The van der Waals surface area contributed by atoms with Gasteiger partial charge in [-0.3, -0.25) is 4.79 Å². The summed E-state index contributed by atoms with van der Waals surface area (Å²) in [5.41, 5.74) is 1.16. The highest BCUT2D eigenvalue weighted by Gasteiger charge is 2.10. The lowest BCUT2D eigenvalue weighted by atomic mass is 10.3. The molecule has 1 heterocycles. The second-order valence-corrected chi connectivity index (χ2v) is 6.33. The summed E-state index contributed by atoms with van der Waals surface area (Å²) in [5, 5.41) is 5.18. The van der Waals surface area contributed by atoms with Crippen LogP contribution in [0.2, 0.25) is 0 Å². The van der Waals surface area contributed by atoms with Crippen molar-refractivity contribution in [3.8, 4) is 0 Å². The molecule has 0 aromatic carbocycles. The number of hydrogen-bond donors (Lipinski definition) is 1. The van der Waals surface area contributed by atoms with E-state index in [2.05, 4.69) is 26.6 Å². The third-order valence-electron chi connectivity index (χ3n) is 2.13. The maximum absolute atomic E-state index is 11.7. The fraction of sp³-hybridized carbons (Fsp3) is 0.545. The average molecular weight is 305 g/mol. The molecular formula is C11H17BrN2OS. The second-order valence-electron chi connectivity index (χ2n) is 4.04. The number of halogens is 1. The van der Waals surface area contributed by atoms with E-state index in [0.29, 0.717) is 19.1 Å². The molecule has 1 N–H and O–H groups in total. The Hall–Kier alpha value is -0.390. The molecular weight excluding hydrogens is 288 g/mol. The average Bonchev–Trinajstić information content (AvgIpc) is 2.60. The van der Waals surface area contributed by atoms with Gasteiger partial charge in [0.2, 0.25) is 5.91 Å². The topological polar surface area (TPSA) is 32.3 Å². The highest BCUT2D eigenvalue weighted by atomic mass is 79.9. The lowest BCUT2D eigenvalue weighted by Crippen LogP contribution is -2.37. The van der Waals surface area contributed by atoms with Crippen molar-refractivity contribution in [2.24, 2.45) is 0 Å². The van der Waals surface area contributed by atoms with E-state index in [-0.39, 0.29) is 5.91 Å². The molecule has 0 spiro atoms. The zero-order valence-corrected chi connectivity index (χ0v) is 12.2. The number of likely N-dealkylation sites (N-methyl/N-ethyl adjacent to an activating group) is 1. The predicted octanol–water partition coefficient (Wildman–Crippen LogP) is 2.47. The normalized spacial score (nSPS) is 10.8. The molecule has 0 fully saturated rings. The quantitative estimate of drug-likeness (QED) is 0.906. The molecule has 16 heavy (non-hydrogen) atoms. The summed E-state index contributed by atoms with van der Waals surface area (Å²) < 4.78 is 1.10. The van der Waals surface area contributed by atoms with Gasteiger partial charge < -0.3 is 10.2 Å². The summed E-state index contributed by atoms with van der Waals surface area (Å²) in [4.78, 5) is 13.5. The van der Waals surface area contributed by atoms with Crippen LogP contribution < -0.4 is 5.32 Å². The van der Waals surface area contributed by atoms with Crippen LogP contribution in [0.1, 0.15) is 19.4 Å². The van der Waals surface area contributed by atoms with Gasteiger partial charge in [0.1, 0.15) is 0 Å². The number of amides is 1. The van der Waals surface area contributed by atoms with Gasteiger partial charge >= 0.3 is 0 Å². The van der Waals surface area contributed by atoms with E-state index in [9.17, 15) is 4.79 Å². The second kappa shape index (κ2) is 6.37. The van der Waals surface area contributed by atoms with E-state index in [1.54, 1.807) is 16.2 Å². The van der Waals surface area contributed by atoms with Gasteiger partial charge in [0.05, 0.1) is 10.3 Å². The molecule has 3 nitrogen and oxygen atoms in total. The smallest absolute Gasteiger partial charge is 0.236 e. The third-order valence-corrected chi connectivity index (χ3v) is 3.68. The maximum atomic E-state index is 11.7. The van der Waals surface area contributed by atoms with E-state index in [4.69, 9.17) is 0 Å². The molecule has 1 aromatic rings. The van der Waals surface area contributed by atoms with Gasteiger partial charge in [0, 0.05) is 19.6 Å². The Morgan fingerprint density at radius 3 is 2.81 bits per heavy atom. The van der Waals surface area contributed by atoms with Crippen LogP contribution in [-0.2, 0) is 11.3 Å². The van der Waals surface area contributed by atoms with E-state index in [1.807, 2.05) is 27.0 Å². The minimum Gasteiger partial charge on any atom is -0.340 e. The minimum absolute atomic E-state index is 0.121. The molecule has 0 aliphatic rings. The first-order chi connectivity index (χ1) is 7.49. The van der Waals surface area contributed by atoms with Crippen molar-refractivity contribution in [1.29, 1.82) is 0 Å². The van der Waals surface area contributed by atoms with Gasteiger partial charge in [-0.15, -0.1) is 11.3 Å². The van der Waals surface area contributed by atoms with Crippen LogP contribution in [-0.4, -0.2) is 30.4 Å². The van der Waals surface area contributed by atoms with Gasteiger partial charge in [0.25, 0.3) is 0 Å². The van der Waals surface area contributed by atoms with Crippen LogP contribution in [0.4, 0.5) is 0 Å². The Bertz CT molecular complexity index is 352. The molecule has 0 unspecified atom stereocenters. The van der Waals surface area contributed by atoms with Gasteiger partial charge in [-0.25, -0.2) is 0 Å². The Labute approximate surface area is 109 Å². The lowest BCUT2D eigenvalue weighted by molar-refractivity contribution is -0.129. The number of carbonyl (C=O) groups is 1. The van der Waals surface area contributed by atoms with E-state index >= 15 is 0 Å². The number of rotatable bonds is 5. The molecule has 0 aliphatic heterocycles. The SMILES string of the molecule is CC(C)NCC(=O)N(C)Cc1csc(Br)c1. The number of nitrogens with zero attached hydrogens (tertiary/aromatic N) is 1. The molecule has 0 aliphatic carbocycles. The monoisotopic (exact) mass is 304 g/mol. The van der Waals surface area contributed by atoms with Crippen LogP contribution in [0.5, 0.6) is 0 Å². The number of carbonyl (C=O) groups excluding carboxylic acids is 1. The van der Waals surface area contributed by atoms with E-state index in [0.717, 1.165) is 9.35 Å². The fourth-order valence-corrected chi connectivity index (χ4v) is 2.42. The maximum Gasteiger partial charge on any atom is 0.236 e. The molecule has 1 aromatic heterocycles. The van der Waals surface area contributed by atoms with Crippen LogP contribution in [0.25, 0.3) is 0 Å². The zero-order chi connectivity index (χ0) is 12.1. The number of thiophene rings is 1. The van der Waals surface area contributed by atoms with Crippen molar-refractivity contribution in [2.75, 3.05) is 13.6 Å². The van der Waals surface area contributed by atoms with Crippen LogP contribution >= 0.6 is 27.3 Å². The highest BCUT2D eigenvalue weighted by molar-refractivity contribution is 9.11. The summed E-state index contributed by atoms with van der Waals surface area (Å²) in [6.07, 6.45) is 0. The molecule has 90 valence electrons. The summed E-state index contributed by atoms with van der Waals surface area (Å²) in [6.45, 7) is 5.13. The summed E-state index contributed by atoms with van der Waals surface area (Å²) >= 11 is 5.05. The molecule has 0 atom stereocenters. The summed E-state index contributed by atoms with van der Waals surface area (Å²) in [7, 11) is 1.83. The molecule has 0 bridgehead atoms. The van der Waals surface area contributed by atoms with Crippen LogP contribution in [0.15, 0.2) is 15.2 Å². The third kappa shape index (κ3) is 4.63. The highest BCUT2D eigenvalue weighted by Crippen LogP contribution is 2.21. The molecule has 1 amide bonds.